The molecule has 0 fully saturated rings. The lowest BCUT2D eigenvalue weighted by Crippen LogP contribution is -2.35. The van der Waals surface area contributed by atoms with Gasteiger partial charge in [0.15, 0.2) is 11.5 Å². The lowest BCUT2D eigenvalue weighted by molar-refractivity contribution is 0.0594. The van der Waals surface area contributed by atoms with Gasteiger partial charge in [-0.15, -0.1) is 0 Å². The minimum absolute atomic E-state index is 0.132. The predicted octanol–water partition coefficient (Wildman–Crippen LogP) is 2.84. The molecule has 0 aromatic heterocycles. The van der Waals surface area contributed by atoms with E-state index in [1.807, 2.05) is 7.05 Å². The van der Waals surface area contributed by atoms with Crippen LogP contribution in [0.2, 0.25) is 0 Å². The maximum absolute atomic E-state index is 11.6. The number of aliphatic hydroxyl groups is 1. The first-order valence-corrected chi connectivity index (χ1v) is 9.38. The minimum atomic E-state index is -0.650. The molecule has 2 atom stereocenters. The van der Waals surface area contributed by atoms with Gasteiger partial charge in [0, 0.05) is 12.6 Å². The number of esters is 1. The molecule has 0 saturated heterocycles. The number of carbonyl (C=O) groups excluding carboxylic acids is 1. The van der Waals surface area contributed by atoms with Crippen molar-refractivity contribution < 1.29 is 24.1 Å². The SMILES string of the molecule is COC(=O)c1ccc(OCC(O)CN(C)C2CCc3ccccc32)c(OC)c1. The zero-order chi connectivity index (χ0) is 20.1. The molecule has 28 heavy (non-hydrogen) atoms. The van der Waals surface area contributed by atoms with Gasteiger partial charge in [0.2, 0.25) is 0 Å². The molecule has 0 spiro atoms. The average Bonchev–Trinajstić information content (AvgIpc) is 3.15. The summed E-state index contributed by atoms with van der Waals surface area (Å²) >= 11 is 0. The van der Waals surface area contributed by atoms with E-state index in [1.54, 1.807) is 18.2 Å². The molecular weight excluding hydrogens is 358 g/mol. The second kappa shape index (κ2) is 9.08. The maximum Gasteiger partial charge on any atom is 0.337 e. The molecule has 1 aliphatic carbocycles. The second-order valence-corrected chi connectivity index (χ2v) is 7.01. The van der Waals surface area contributed by atoms with Crippen molar-refractivity contribution in [3.05, 3.63) is 59.2 Å². The number of likely N-dealkylation sites (N-methyl/N-ethyl adjacent to an activating group) is 1. The fourth-order valence-electron chi connectivity index (χ4n) is 3.72. The Kier molecular flexibility index (Phi) is 6.54. The number of hydrogen-bond donors (Lipinski definition) is 1. The van der Waals surface area contributed by atoms with Crippen LogP contribution >= 0.6 is 0 Å². The van der Waals surface area contributed by atoms with Crippen molar-refractivity contribution in [2.45, 2.75) is 25.0 Å². The summed E-state index contributed by atoms with van der Waals surface area (Å²) in [5.74, 6) is 0.458. The Morgan fingerprint density at radius 2 is 2.00 bits per heavy atom. The maximum atomic E-state index is 11.6. The number of methoxy groups -OCH3 is 2. The lowest BCUT2D eigenvalue weighted by atomic mass is 10.1. The molecule has 6 nitrogen and oxygen atoms in total. The standard InChI is InChI=1S/C22H27NO5/c1-23(19-10-8-15-6-4-5-7-18(15)19)13-17(24)14-28-20-11-9-16(22(25)27-3)12-21(20)26-2/h4-7,9,11-12,17,19,24H,8,10,13-14H2,1-3H3. The fourth-order valence-corrected chi connectivity index (χ4v) is 3.72. The first-order chi connectivity index (χ1) is 13.5. The highest BCUT2D eigenvalue weighted by Crippen LogP contribution is 2.35. The summed E-state index contributed by atoms with van der Waals surface area (Å²) in [6.45, 7) is 0.633. The van der Waals surface area contributed by atoms with Crippen molar-refractivity contribution in [3.63, 3.8) is 0 Å². The molecular formula is C22H27NO5. The number of aliphatic hydroxyl groups excluding tert-OH is 1. The van der Waals surface area contributed by atoms with Gasteiger partial charge in [0.1, 0.15) is 12.7 Å². The van der Waals surface area contributed by atoms with E-state index in [1.165, 1.54) is 25.3 Å². The van der Waals surface area contributed by atoms with Gasteiger partial charge in [-0.3, -0.25) is 4.90 Å². The highest BCUT2D eigenvalue weighted by molar-refractivity contribution is 5.90. The molecule has 0 saturated carbocycles. The van der Waals surface area contributed by atoms with Gasteiger partial charge in [0.25, 0.3) is 0 Å². The summed E-state index contributed by atoms with van der Waals surface area (Å²) in [6.07, 6.45) is 1.48. The Morgan fingerprint density at radius 3 is 2.75 bits per heavy atom. The van der Waals surface area contributed by atoms with Crippen LogP contribution in [0.1, 0.15) is 33.9 Å². The smallest absolute Gasteiger partial charge is 0.337 e. The van der Waals surface area contributed by atoms with Gasteiger partial charge in [0.05, 0.1) is 19.8 Å². The van der Waals surface area contributed by atoms with Crippen LogP contribution in [0.4, 0.5) is 0 Å². The number of aryl methyl sites for hydroxylation is 1. The predicted molar refractivity (Wildman–Crippen MR) is 106 cm³/mol. The number of carbonyl (C=O) groups is 1. The summed E-state index contributed by atoms with van der Waals surface area (Å²) in [7, 11) is 4.86. The molecule has 2 unspecified atom stereocenters. The normalized spacial score (nSPS) is 16.5. The number of benzene rings is 2. The third-order valence-corrected chi connectivity index (χ3v) is 5.15. The van der Waals surface area contributed by atoms with E-state index in [-0.39, 0.29) is 6.61 Å². The molecule has 1 N–H and O–H groups in total. The van der Waals surface area contributed by atoms with Crippen molar-refractivity contribution in [2.75, 3.05) is 34.4 Å². The van der Waals surface area contributed by atoms with E-state index >= 15 is 0 Å². The molecule has 0 amide bonds. The zero-order valence-electron chi connectivity index (χ0n) is 16.6. The first kappa shape index (κ1) is 20.2. The van der Waals surface area contributed by atoms with E-state index < -0.39 is 12.1 Å². The highest BCUT2D eigenvalue weighted by Gasteiger charge is 2.26. The van der Waals surface area contributed by atoms with Gasteiger partial charge >= 0.3 is 5.97 Å². The summed E-state index contributed by atoms with van der Waals surface area (Å²) < 4.78 is 15.7. The van der Waals surface area contributed by atoms with Gasteiger partial charge in [-0.25, -0.2) is 4.79 Å². The van der Waals surface area contributed by atoms with Gasteiger partial charge in [-0.2, -0.15) is 0 Å². The van der Waals surface area contributed by atoms with E-state index in [4.69, 9.17) is 14.2 Å². The Balaban J connectivity index is 1.57. The zero-order valence-corrected chi connectivity index (χ0v) is 16.6. The van der Waals surface area contributed by atoms with Crippen LogP contribution in [-0.2, 0) is 11.2 Å². The number of fused-ring (bicyclic) bond motifs is 1. The molecule has 2 aromatic rings. The molecule has 2 aromatic carbocycles. The summed E-state index contributed by atoms with van der Waals surface area (Å²) in [5.41, 5.74) is 3.12. The van der Waals surface area contributed by atoms with Crippen LogP contribution in [0, 0.1) is 0 Å². The van der Waals surface area contributed by atoms with Gasteiger partial charge in [-0.1, -0.05) is 24.3 Å². The van der Waals surface area contributed by atoms with Crippen LogP contribution in [0.15, 0.2) is 42.5 Å². The van der Waals surface area contributed by atoms with Crippen molar-refractivity contribution in [1.29, 1.82) is 0 Å². The third-order valence-electron chi connectivity index (χ3n) is 5.15. The largest absolute Gasteiger partial charge is 0.493 e. The third kappa shape index (κ3) is 4.46. The number of ether oxygens (including phenoxy) is 3. The summed E-state index contributed by atoms with van der Waals surface area (Å²) in [6, 6.07) is 13.6. The number of nitrogens with zero attached hydrogens (tertiary/aromatic N) is 1. The van der Waals surface area contributed by atoms with Crippen molar-refractivity contribution >= 4 is 5.97 Å². The highest BCUT2D eigenvalue weighted by atomic mass is 16.5. The number of hydrogen-bond acceptors (Lipinski definition) is 6. The molecule has 1 aliphatic rings. The Bertz CT molecular complexity index is 822. The topological polar surface area (TPSA) is 68.2 Å². The van der Waals surface area contributed by atoms with Gasteiger partial charge in [-0.05, 0) is 49.2 Å². The van der Waals surface area contributed by atoms with E-state index in [2.05, 4.69) is 29.2 Å². The molecule has 0 bridgehead atoms. The molecule has 150 valence electrons. The van der Waals surface area contributed by atoms with Gasteiger partial charge < -0.3 is 19.3 Å². The van der Waals surface area contributed by atoms with Crippen LogP contribution in [0.3, 0.4) is 0 Å². The average molecular weight is 385 g/mol. The van der Waals surface area contributed by atoms with E-state index in [0.717, 1.165) is 12.8 Å². The van der Waals surface area contributed by atoms with Crippen LogP contribution in [0.25, 0.3) is 0 Å². The molecule has 3 rings (SSSR count). The Hall–Kier alpha value is -2.57. The molecule has 0 aliphatic heterocycles. The Labute approximate surface area is 165 Å². The summed E-state index contributed by atoms with van der Waals surface area (Å²) in [4.78, 5) is 13.8. The quantitative estimate of drug-likeness (QED) is 0.705. The lowest BCUT2D eigenvalue weighted by Gasteiger charge is -2.27. The summed E-state index contributed by atoms with van der Waals surface area (Å²) in [5, 5.41) is 10.5. The Morgan fingerprint density at radius 1 is 1.21 bits per heavy atom. The molecule has 6 heteroatoms. The monoisotopic (exact) mass is 385 g/mol. The molecule has 0 radical (unpaired) electrons. The minimum Gasteiger partial charge on any atom is -0.493 e. The van der Waals surface area contributed by atoms with Crippen LogP contribution in [0.5, 0.6) is 11.5 Å². The van der Waals surface area contributed by atoms with E-state index in [9.17, 15) is 9.90 Å². The van der Waals surface area contributed by atoms with Crippen molar-refractivity contribution in [3.8, 4) is 11.5 Å². The van der Waals surface area contributed by atoms with Crippen molar-refractivity contribution in [2.24, 2.45) is 0 Å². The molecule has 0 heterocycles. The van der Waals surface area contributed by atoms with E-state index in [0.29, 0.717) is 29.6 Å². The van der Waals surface area contributed by atoms with Crippen molar-refractivity contribution in [1.82, 2.24) is 4.90 Å². The fraction of sp³-hybridized carbons (Fsp3) is 0.409. The second-order valence-electron chi connectivity index (χ2n) is 7.01. The first-order valence-electron chi connectivity index (χ1n) is 9.38. The van der Waals surface area contributed by atoms with Crippen LogP contribution in [-0.4, -0.2) is 56.5 Å². The number of rotatable bonds is 8. The van der Waals surface area contributed by atoms with Crippen LogP contribution < -0.4 is 9.47 Å².